The fourth-order valence-corrected chi connectivity index (χ4v) is 2.76. The average molecular weight is 242 g/mol. The van der Waals surface area contributed by atoms with Gasteiger partial charge in [-0.1, -0.05) is 13.3 Å². The van der Waals surface area contributed by atoms with Gasteiger partial charge in [0.2, 0.25) is 0 Å². The van der Waals surface area contributed by atoms with Crippen molar-refractivity contribution in [2.45, 2.75) is 38.3 Å². The van der Waals surface area contributed by atoms with Crippen molar-refractivity contribution in [2.75, 3.05) is 32.8 Å². The van der Waals surface area contributed by atoms with Gasteiger partial charge in [-0.15, -0.1) is 0 Å². The van der Waals surface area contributed by atoms with E-state index in [1.165, 1.54) is 0 Å². The van der Waals surface area contributed by atoms with E-state index in [1.54, 1.807) is 0 Å². The summed E-state index contributed by atoms with van der Waals surface area (Å²) in [6, 6.07) is 0.714. The predicted octanol–water partition coefficient (Wildman–Crippen LogP) is 0.674. The van der Waals surface area contributed by atoms with Gasteiger partial charge in [0.05, 0.1) is 13.2 Å². The molecule has 2 bridgehead atoms. The van der Waals surface area contributed by atoms with Crippen LogP contribution in [0.4, 0.5) is 4.79 Å². The van der Waals surface area contributed by atoms with Crippen LogP contribution in [-0.4, -0.2) is 65.9 Å². The highest BCUT2D eigenvalue weighted by Crippen LogP contribution is 2.30. The zero-order valence-corrected chi connectivity index (χ0v) is 10.5. The molecule has 0 spiro atoms. The van der Waals surface area contributed by atoms with Gasteiger partial charge < -0.3 is 14.7 Å². The minimum Gasteiger partial charge on any atom is -0.449 e. The van der Waals surface area contributed by atoms with Crippen molar-refractivity contribution in [2.24, 2.45) is 0 Å². The number of likely N-dealkylation sites (tertiary alicyclic amines) is 2. The Morgan fingerprint density at radius 2 is 2.24 bits per heavy atom. The molecule has 98 valence electrons. The molecule has 2 unspecified atom stereocenters. The van der Waals surface area contributed by atoms with Crippen molar-refractivity contribution in [3.05, 3.63) is 0 Å². The topological polar surface area (TPSA) is 53.0 Å². The molecule has 0 aliphatic carbocycles. The first-order valence-corrected chi connectivity index (χ1v) is 6.54. The van der Waals surface area contributed by atoms with Crippen molar-refractivity contribution in [3.8, 4) is 0 Å². The van der Waals surface area contributed by atoms with E-state index in [0.717, 1.165) is 38.9 Å². The number of rotatable bonds is 5. The van der Waals surface area contributed by atoms with Gasteiger partial charge in [-0.25, -0.2) is 4.79 Å². The lowest BCUT2D eigenvalue weighted by molar-refractivity contribution is 0.0688. The zero-order valence-electron chi connectivity index (χ0n) is 10.5. The molecule has 1 amide bonds. The lowest BCUT2D eigenvalue weighted by Crippen LogP contribution is -2.49. The number of aliphatic hydroxyl groups is 1. The maximum absolute atomic E-state index is 11.8. The number of β-amino-alcohol motifs (C(OH)–C–C–N with tert-alkyl or cyclic N) is 1. The van der Waals surface area contributed by atoms with Crippen LogP contribution in [-0.2, 0) is 4.74 Å². The fourth-order valence-electron chi connectivity index (χ4n) is 2.76. The van der Waals surface area contributed by atoms with Gasteiger partial charge in [0.15, 0.2) is 0 Å². The van der Waals surface area contributed by atoms with Crippen molar-refractivity contribution in [3.63, 3.8) is 0 Å². The van der Waals surface area contributed by atoms with Crippen molar-refractivity contribution in [1.82, 2.24) is 9.80 Å². The molecule has 2 fully saturated rings. The van der Waals surface area contributed by atoms with Gasteiger partial charge in [0.25, 0.3) is 0 Å². The van der Waals surface area contributed by atoms with Gasteiger partial charge in [0, 0.05) is 31.7 Å². The first-order chi connectivity index (χ1) is 8.26. The summed E-state index contributed by atoms with van der Waals surface area (Å²) in [5, 5.41) is 8.93. The third kappa shape index (κ3) is 2.72. The lowest BCUT2D eigenvalue weighted by Gasteiger charge is -2.33. The van der Waals surface area contributed by atoms with E-state index in [9.17, 15) is 4.79 Å². The zero-order chi connectivity index (χ0) is 12.3. The summed E-state index contributed by atoms with van der Waals surface area (Å²) in [6.07, 6.45) is 2.85. The molecular formula is C12H22N2O3. The molecule has 0 aromatic rings. The Morgan fingerprint density at radius 1 is 1.41 bits per heavy atom. The number of carbonyl (C=O) groups excluding carboxylic acids is 1. The smallest absolute Gasteiger partial charge is 0.410 e. The normalized spacial score (nSPS) is 27.8. The summed E-state index contributed by atoms with van der Waals surface area (Å²) in [4.78, 5) is 15.9. The Morgan fingerprint density at radius 3 is 2.82 bits per heavy atom. The maximum Gasteiger partial charge on any atom is 0.410 e. The minimum absolute atomic E-state index is 0.158. The van der Waals surface area contributed by atoms with E-state index in [1.807, 2.05) is 4.90 Å². The molecule has 2 saturated heterocycles. The summed E-state index contributed by atoms with van der Waals surface area (Å²) in [5.41, 5.74) is 0. The second-order valence-corrected chi connectivity index (χ2v) is 4.88. The molecular weight excluding hydrogens is 220 g/mol. The van der Waals surface area contributed by atoms with E-state index >= 15 is 0 Å². The van der Waals surface area contributed by atoms with Gasteiger partial charge in [-0.2, -0.15) is 0 Å². The molecule has 17 heavy (non-hydrogen) atoms. The SMILES string of the molecule is CCCCOC(=O)N1CC2CC1CN2CCO. The molecule has 0 aromatic heterocycles. The second-order valence-electron chi connectivity index (χ2n) is 4.88. The average Bonchev–Trinajstić information content (AvgIpc) is 2.89. The van der Waals surface area contributed by atoms with Crippen LogP contribution in [0.1, 0.15) is 26.2 Å². The molecule has 5 nitrogen and oxygen atoms in total. The molecule has 2 rings (SSSR count). The number of hydrogen-bond donors (Lipinski definition) is 1. The second kappa shape index (κ2) is 5.69. The maximum atomic E-state index is 11.8. The molecule has 2 aliphatic rings. The van der Waals surface area contributed by atoms with E-state index in [4.69, 9.17) is 9.84 Å². The molecule has 0 radical (unpaired) electrons. The Hall–Kier alpha value is -0.810. The van der Waals surface area contributed by atoms with Crippen LogP contribution in [0.15, 0.2) is 0 Å². The quantitative estimate of drug-likeness (QED) is 0.720. The monoisotopic (exact) mass is 242 g/mol. The van der Waals surface area contributed by atoms with Crippen LogP contribution in [0.3, 0.4) is 0 Å². The third-order valence-corrected chi connectivity index (χ3v) is 3.70. The molecule has 0 aromatic carbocycles. The Balaban J connectivity index is 1.77. The highest BCUT2D eigenvalue weighted by atomic mass is 16.6. The number of nitrogens with zero attached hydrogens (tertiary/aromatic N) is 2. The van der Waals surface area contributed by atoms with Gasteiger partial charge >= 0.3 is 6.09 Å². The Labute approximate surface area is 102 Å². The van der Waals surface area contributed by atoms with Crippen molar-refractivity contribution >= 4 is 6.09 Å². The van der Waals surface area contributed by atoms with Crippen LogP contribution < -0.4 is 0 Å². The van der Waals surface area contributed by atoms with Gasteiger partial charge in [-0.05, 0) is 12.8 Å². The Bertz CT molecular complexity index is 272. The predicted molar refractivity (Wildman–Crippen MR) is 63.8 cm³/mol. The minimum atomic E-state index is -0.158. The molecule has 5 heteroatoms. The number of amides is 1. The summed E-state index contributed by atoms with van der Waals surface area (Å²) in [6.45, 7) is 5.18. The van der Waals surface area contributed by atoms with Crippen molar-refractivity contribution < 1.29 is 14.6 Å². The molecule has 2 atom stereocenters. The van der Waals surface area contributed by atoms with E-state index in [0.29, 0.717) is 18.7 Å². The number of aliphatic hydroxyl groups excluding tert-OH is 1. The number of piperazine rings is 1. The summed E-state index contributed by atoms with van der Waals surface area (Å²) >= 11 is 0. The van der Waals surface area contributed by atoms with Gasteiger partial charge in [-0.3, -0.25) is 4.90 Å². The van der Waals surface area contributed by atoms with E-state index in [-0.39, 0.29) is 12.7 Å². The number of ether oxygens (including phenoxy) is 1. The molecule has 1 N–H and O–H groups in total. The molecule has 0 saturated carbocycles. The van der Waals surface area contributed by atoms with E-state index < -0.39 is 0 Å². The number of carbonyl (C=O) groups is 1. The van der Waals surface area contributed by atoms with Crippen LogP contribution in [0.25, 0.3) is 0 Å². The largest absolute Gasteiger partial charge is 0.449 e. The lowest BCUT2D eigenvalue weighted by atomic mass is 10.2. The molecule has 2 aliphatic heterocycles. The fraction of sp³-hybridized carbons (Fsp3) is 0.917. The van der Waals surface area contributed by atoms with Crippen LogP contribution in [0.5, 0.6) is 0 Å². The van der Waals surface area contributed by atoms with Crippen LogP contribution in [0.2, 0.25) is 0 Å². The summed E-state index contributed by atoms with van der Waals surface area (Å²) in [5.74, 6) is 0. The van der Waals surface area contributed by atoms with E-state index in [2.05, 4.69) is 11.8 Å². The van der Waals surface area contributed by atoms with Crippen LogP contribution >= 0.6 is 0 Å². The standard InChI is InChI=1S/C12H22N2O3/c1-2-3-6-17-12(16)14-9-10-7-11(14)8-13(10)4-5-15/h10-11,15H,2-9H2,1H3. The molecule has 2 heterocycles. The number of unbranched alkanes of at least 4 members (excludes halogenated alkanes) is 1. The highest BCUT2D eigenvalue weighted by Gasteiger charge is 2.45. The number of fused-ring (bicyclic) bond motifs is 2. The van der Waals surface area contributed by atoms with Crippen LogP contribution in [0, 0.1) is 0 Å². The summed E-state index contributed by atoms with van der Waals surface area (Å²) < 4.78 is 5.23. The third-order valence-electron chi connectivity index (χ3n) is 3.70. The highest BCUT2D eigenvalue weighted by molar-refractivity contribution is 5.69. The Kier molecular flexibility index (Phi) is 4.23. The first kappa shape index (κ1) is 12.6. The number of hydrogen-bond acceptors (Lipinski definition) is 4. The summed E-state index contributed by atoms with van der Waals surface area (Å²) in [7, 11) is 0. The van der Waals surface area contributed by atoms with Crippen molar-refractivity contribution in [1.29, 1.82) is 0 Å². The van der Waals surface area contributed by atoms with Gasteiger partial charge in [0.1, 0.15) is 0 Å². The first-order valence-electron chi connectivity index (χ1n) is 6.54.